The van der Waals surface area contributed by atoms with Crippen LogP contribution in [0.25, 0.3) is 0 Å². The third kappa shape index (κ3) is 4.30. The topological polar surface area (TPSA) is 47.3 Å². The van der Waals surface area contributed by atoms with E-state index in [9.17, 15) is 0 Å². The zero-order valence-corrected chi connectivity index (χ0v) is 12.8. The maximum atomic E-state index is 5.72. The van der Waals surface area contributed by atoms with E-state index in [2.05, 4.69) is 43.5 Å². The largest absolute Gasteiger partial charge is 0.378 e. The Hall–Kier alpha value is -0.900. The molecule has 2 rings (SSSR count). The number of nitrogens with two attached hydrogens (primary N) is 1. The number of ether oxygens (including phenoxy) is 1. The number of nitrogens with one attached hydrogen (secondary N) is 1. The first-order valence-corrected chi connectivity index (χ1v) is 7.88. The van der Waals surface area contributed by atoms with Crippen LogP contribution in [0.1, 0.15) is 69.0 Å². The molecule has 3 N–H and O–H groups in total. The third-order valence-corrected chi connectivity index (χ3v) is 4.25. The van der Waals surface area contributed by atoms with E-state index in [1.54, 1.807) is 0 Å². The Labute approximate surface area is 122 Å². The number of rotatable bonds is 7. The van der Waals surface area contributed by atoms with Crippen LogP contribution in [0.2, 0.25) is 0 Å². The van der Waals surface area contributed by atoms with Gasteiger partial charge in [0.25, 0.3) is 0 Å². The number of hydrogen-bond donors (Lipinski definition) is 2. The lowest BCUT2D eigenvalue weighted by atomic mass is 9.96. The fourth-order valence-corrected chi connectivity index (χ4v) is 2.88. The highest BCUT2D eigenvalue weighted by molar-refractivity contribution is 5.26. The molecule has 3 nitrogen and oxygen atoms in total. The molecule has 0 bridgehead atoms. The van der Waals surface area contributed by atoms with Gasteiger partial charge in [0.1, 0.15) is 0 Å². The average molecular weight is 276 g/mol. The van der Waals surface area contributed by atoms with Gasteiger partial charge in [0.05, 0.1) is 6.10 Å². The van der Waals surface area contributed by atoms with Gasteiger partial charge in [0.15, 0.2) is 0 Å². The summed E-state index contributed by atoms with van der Waals surface area (Å²) in [6, 6.07) is 9.07. The third-order valence-electron chi connectivity index (χ3n) is 4.25. The standard InChI is InChI=1S/C17H28N2O/c1-13(2)14-8-10-15(11-9-14)17(19-18)7-3-5-16-6-4-12-20-16/h8-11,13,16-17,19H,3-7,12,18H2,1-2H3. The minimum absolute atomic E-state index is 0.248. The Morgan fingerprint density at radius 2 is 1.95 bits per heavy atom. The highest BCUT2D eigenvalue weighted by Crippen LogP contribution is 2.24. The molecule has 0 radical (unpaired) electrons. The van der Waals surface area contributed by atoms with E-state index in [1.807, 2.05) is 0 Å². The SMILES string of the molecule is CC(C)c1ccc(C(CCCC2CCCO2)NN)cc1. The summed E-state index contributed by atoms with van der Waals surface area (Å²) < 4.78 is 5.66. The van der Waals surface area contributed by atoms with Crippen molar-refractivity contribution in [3.8, 4) is 0 Å². The zero-order chi connectivity index (χ0) is 14.4. The molecule has 3 heteroatoms. The van der Waals surface area contributed by atoms with Crippen molar-refractivity contribution in [2.45, 2.75) is 64.0 Å². The quantitative estimate of drug-likeness (QED) is 0.590. The number of hydrazine groups is 1. The Bertz CT molecular complexity index is 382. The molecule has 0 saturated carbocycles. The van der Waals surface area contributed by atoms with Gasteiger partial charge in [-0.3, -0.25) is 11.3 Å². The molecule has 0 aliphatic carbocycles. The van der Waals surface area contributed by atoms with Crippen LogP contribution < -0.4 is 11.3 Å². The van der Waals surface area contributed by atoms with Gasteiger partial charge in [0, 0.05) is 12.6 Å². The second kappa shape index (κ2) is 7.77. The average Bonchev–Trinajstić information content (AvgIpc) is 2.97. The van der Waals surface area contributed by atoms with Crippen molar-refractivity contribution in [1.82, 2.24) is 5.43 Å². The van der Waals surface area contributed by atoms with E-state index in [0.29, 0.717) is 12.0 Å². The van der Waals surface area contributed by atoms with Gasteiger partial charge in [-0.15, -0.1) is 0 Å². The van der Waals surface area contributed by atoms with Crippen LogP contribution in [-0.4, -0.2) is 12.7 Å². The van der Waals surface area contributed by atoms with E-state index in [4.69, 9.17) is 10.6 Å². The van der Waals surface area contributed by atoms with Crippen molar-refractivity contribution in [2.75, 3.05) is 6.61 Å². The molecule has 1 fully saturated rings. The second-order valence-corrected chi connectivity index (χ2v) is 6.11. The van der Waals surface area contributed by atoms with Crippen LogP contribution in [0.5, 0.6) is 0 Å². The lowest BCUT2D eigenvalue weighted by molar-refractivity contribution is 0.101. The van der Waals surface area contributed by atoms with Crippen LogP contribution in [-0.2, 0) is 4.74 Å². The molecule has 2 unspecified atom stereocenters. The molecule has 1 aromatic rings. The molecule has 0 spiro atoms. The first kappa shape index (κ1) is 15.5. The fourth-order valence-electron chi connectivity index (χ4n) is 2.88. The second-order valence-electron chi connectivity index (χ2n) is 6.11. The van der Waals surface area contributed by atoms with Gasteiger partial charge < -0.3 is 4.74 Å². The lowest BCUT2D eigenvalue weighted by Crippen LogP contribution is -2.28. The predicted molar refractivity (Wildman–Crippen MR) is 83.4 cm³/mol. The molecule has 1 aliphatic rings. The van der Waals surface area contributed by atoms with Crippen molar-refractivity contribution in [2.24, 2.45) is 5.84 Å². The summed E-state index contributed by atoms with van der Waals surface area (Å²) in [7, 11) is 0. The maximum absolute atomic E-state index is 5.72. The molecule has 1 aliphatic heterocycles. The van der Waals surface area contributed by atoms with Gasteiger partial charge >= 0.3 is 0 Å². The summed E-state index contributed by atoms with van der Waals surface area (Å²) >= 11 is 0. The van der Waals surface area contributed by atoms with Crippen molar-refractivity contribution in [3.05, 3.63) is 35.4 Å². The monoisotopic (exact) mass is 276 g/mol. The molecule has 1 saturated heterocycles. The smallest absolute Gasteiger partial charge is 0.0576 e. The summed E-state index contributed by atoms with van der Waals surface area (Å²) in [5, 5.41) is 0. The Balaban J connectivity index is 1.83. The molecule has 1 heterocycles. The number of benzene rings is 1. The summed E-state index contributed by atoms with van der Waals surface area (Å²) in [6.45, 7) is 5.38. The highest BCUT2D eigenvalue weighted by Gasteiger charge is 2.16. The van der Waals surface area contributed by atoms with Crippen LogP contribution in [0.3, 0.4) is 0 Å². The fraction of sp³-hybridized carbons (Fsp3) is 0.647. The minimum atomic E-state index is 0.248. The Kier molecular flexibility index (Phi) is 6.02. The molecular formula is C17H28N2O. The van der Waals surface area contributed by atoms with E-state index in [0.717, 1.165) is 25.9 Å². The maximum Gasteiger partial charge on any atom is 0.0576 e. The first-order chi connectivity index (χ1) is 9.70. The molecular weight excluding hydrogens is 248 g/mol. The van der Waals surface area contributed by atoms with Crippen LogP contribution in [0, 0.1) is 0 Å². The summed E-state index contributed by atoms with van der Waals surface area (Å²) in [6.07, 6.45) is 6.31. The molecule has 0 amide bonds. The summed E-state index contributed by atoms with van der Waals surface area (Å²) in [5.41, 5.74) is 5.61. The first-order valence-electron chi connectivity index (χ1n) is 7.88. The molecule has 2 atom stereocenters. The van der Waals surface area contributed by atoms with E-state index < -0.39 is 0 Å². The molecule has 112 valence electrons. The van der Waals surface area contributed by atoms with Crippen LogP contribution in [0.15, 0.2) is 24.3 Å². The van der Waals surface area contributed by atoms with Gasteiger partial charge in [0.2, 0.25) is 0 Å². The summed E-state index contributed by atoms with van der Waals surface area (Å²) in [5.74, 6) is 6.29. The van der Waals surface area contributed by atoms with Gasteiger partial charge in [-0.1, -0.05) is 38.1 Å². The lowest BCUT2D eigenvalue weighted by Gasteiger charge is -2.18. The molecule has 1 aromatic carbocycles. The predicted octanol–water partition coefficient (Wildman–Crippen LogP) is 3.66. The summed E-state index contributed by atoms with van der Waals surface area (Å²) in [4.78, 5) is 0. The van der Waals surface area contributed by atoms with E-state index in [1.165, 1.54) is 24.0 Å². The van der Waals surface area contributed by atoms with Crippen molar-refractivity contribution in [3.63, 3.8) is 0 Å². The van der Waals surface area contributed by atoms with Gasteiger partial charge in [-0.2, -0.15) is 0 Å². The number of hydrogen-bond acceptors (Lipinski definition) is 3. The zero-order valence-electron chi connectivity index (χ0n) is 12.8. The van der Waals surface area contributed by atoms with Crippen LogP contribution >= 0.6 is 0 Å². The normalized spacial score (nSPS) is 20.5. The molecule has 20 heavy (non-hydrogen) atoms. The van der Waals surface area contributed by atoms with E-state index >= 15 is 0 Å². The van der Waals surface area contributed by atoms with Gasteiger partial charge in [-0.25, -0.2) is 0 Å². The van der Waals surface area contributed by atoms with Crippen LogP contribution in [0.4, 0.5) is 0 Å². The minimum Gasteiger partial charge on any atom is -0.378 e. The van der Waals surface area contributed by atoms with Gasteiger partial charge in [-0.05, 0) is 49.1 Å². The Morgan fingerprint density at radius 1 is 1.25 bits per heavy atom. The molecule has 0 aromatic heterocycles. The van der Waals surface area contributed by atoms with Crippen molar-refractivity contribution >= 4 is 0 Å². The van der Waals surface area contributed by atoms with E-state index in [-0.39, 0.29) is 6.04 Å². The Morgan fingerprint density at radius 3 is 2.50 bits per heavy atom. The van der Waals surface area contributed by atoms with Crippen molar-refractivity contribution in [1.29, 1.82) is 0 Å². The highest BCUT2D eigenvalue weighted by atomic mass is 16.5. The van der Waals surface area contributed by atoms with Crippen molar-refractivity contribution < 1.29 is 4.74 Å².